The topological polar surface area (TPSA) is 78.4 Å². The molecule has 1 aliphatic rings. The SMILES string of the molecule is CC[C@H](NC(=O)C1CSCCN1)C(=O)O. The third-order valence-electron chi connectivity index (χ3n) is 2.26. The summed E-state index contributed by atoms with van der Waals surface area (Å²) in [6, 6.07) is -1.02. The number of hydrogen-bond acceptors (Lipinski definition) is 4. The highest BCUT2D eigenvalue weighted by Gasteiger charge is 2.25. The standard InChI is InChI=1S/C9H16N2O3S/c1-2-6(9(13)14)11-8(12)7-5-15-4-3-10-7/h6-7,10H,2-5H2,1H3,(H,11,12)(H,13,14)/t6-,7?/m0/s1. The van der Waals surface area contributed by atoms with Gasteiger partial charge in [-0.1, -0.05) is 6.92 Å². The maximum absolute atomic E-state index is 11.6. The second-order valence-electron chi connectivity index (χ2n) is 3.39. The molecule has 1 fully saturated rings. The summed E-state index contributed by atoms with van der Waals surface area (Å²) in [7, 11) is 0. The number of amides is 1. The molecule has 3 N–H and O–H groups in total. The van der Waals surface area contributed by atoms with Gasteiger partial charge >= 0.3 is 5.97 Å². The van der Waals surface area contributed by atoms with E-state index in [2.05, 4.69) is 10.6 Å². The van der Waals surface area contributed by atoms with E-state index in [0.717, 1.165) is 12.3 Å². The number of thioether (sulfide) groups is 1. The van der Waals surface area contributed by atoms with Crippen LogP contribution < -0.4 is 10.6 Å². The summed E-state index contributed by atoms with van der Waals surface area (Å²) < 4.78 is 0. The fraction of sp³-hybridized carbons (Fsp3) is 0.778. The molecule has 6 heteroatoms. The normalized spacial score (nSPS) is 23.1. The van der Waals surface area contributed by atoms with E-state index in [1.54, 1.807) is 18.7 Å². The largest absolute Gasteiger partial charge is 0.480 e. The minimum Gasteiger partial charge on any atom is -0.480 e. The first-order valence-corrected chi connectivity index (χ1v) is 6.15. The number of carbonyl (C=O) groups is 2. The first kappa shape index (κ1) is 12.3. The molecule has 86 valence electrons. The lowest BCUT2D eigenvalue weighted by Gasteiger charge is -2.23. The van der Waals surface area contributed by atoms with E-state index < -0.39 is 12.0 Å². The lowest BCUT2D eigenvalue weighted by molar-refractivity contribution is -0.142. The Morgan fingerprint density at radius 2 is 2.40 bits per heavy atom. The van der Waals surface area contributed by atoms with Crippen molar-refractivity contribution in [1.29, 1.82) is 0 Å². The predicted octanol–water partition coefficient (Wildman–Crippen LogP) is -0.329. The van der Waals surface area contributed by atoms with Crippen LogP contribution in [-0.2, 0) is 9.59 Å². The Hall–Kier alpha value is -0.750. The van der Waals surface area contributed by atoms with Gasteiger partial charge in [-0.3, -0.25) is 4.79 Å². The summed E-state index contributed by atoms with van der Waals surface area (Å²) in [5.74, 6) is 0.521. The number of rotatable bonds is 4. The highest BCUT2D eigenvalue weighted by Crippen LogP contribution is 2.07. The van der Waals surface area contributed by atoms with Gasteiger partial charge in [-0.25, -0.2) is 4.79 Å². The smallest absolute Gasteiger partial charge is 0.326 e. The number of carboxylic acid groups (broad SMARTS) is 1. The van der Waals surface area contributed by atoms with Crippen LogP contribution in [0.3, 0.4) is 0 Å². The van der Waals surface area contributed by atoms with Gasteiger partial charge < -0.3 is 15.7 Å². The predicted molar refractivity (Wildman–Crippen MR) is 59.0 cm³/mol. The van der Waals surface area contributed by atoms with E-state index in [1.807, 2.05) is 0 Å². The molecule has 1 unspecified atom stereocenters. The van der Waals surface area contributed by atoms with Gasteiger partial charge in [0.25, 0.3) is 0 Å². The zero-order valence-electron chi connectivity index (χ0n) is 8.66. The number of carboxylic acids is 1. The molecule has 0 aromatic heterocycles. The second-order valence-corrected chi connectivity index (χ2v) is 4.54. The summed E-state index contributed by atoms with van der Waals surface area (Å²) in [6.45, 7) is 2.54. The van der Waals surface area contributed by atoms with E-state index >= 15 is 0 Å². The minimum absolute atomic E-state index is 0.212. The lowest BCUT2D eigenvalue weighted by atomic mass is 10.2. The number of carbonyl (C=O) groups excluding carboxylic acids is 1. The van der Waals surface area contributed by atoms with Gasteiger partial charge in [0.15, 0.2) is 0 Å². The number of hydrogen-bond donors (Lipinski definition) is 3. The Bertz CT molecular complexity index is 242. The van der Waals surface area contributed by atoms with Crippen molar-refractivity contribution in [2.24, 2.45) is 0 Å². The van der Waals surface area contributed by atoms with Gasteiger partial charge in [0.05, 0.1) is 6.04 Å². The summed E-state index contributed by atoms with van der Waals surface area (Å²) in [5.41, 5.74) is 0. The Balaban J connectivity index is 2.42. The van der Waals surface area contributed by atoms with E-state index in [-0.39, 0.29) is 11.9 Å². The average molecular weight is 232 g/mol. The minimum atomic E-state index is -0.977. The van der Waals surface area contributed by atoms with Crippen LogP contribution in [0.2, 0.25) is 0 Å². The highest BCUT2D eigenvalue weighted by atomic mass is 32.2. The van der Waals surface area contributed by atoms with Crippen LogP contribution in [0.25, 0.3) is 0 Å². The zero-order valence-corrected chi connectivity index (χ0v) is 9.47. The van der Waals surface area contributed by atoms with Gasteiger partial charge in [0.1, 0.15) is 6.04 Å². The van der Waals surface area contributed by atoms with Crippen LogP contribution in [0.1, 0.15) is 13.3 Å². The number of nitrogens with one attached hydrogen (secondary N) is 2. The molecule has 1 saturated heterocycles. The molecule has 1 rings (SSSR count). The maximum Gasteiger partial charge on any atom is 0.326 e. The molecule has 0 aromatic carbocycles. The summed E-state index contributed by atoms with van der Waals surface area (Å²) in [6.07, 6.45) is 0.404. The molecule has 0 saturated carbocycles. The molecule has 0 aliphatic carbocycles. The Kier molecular flexibility index (Phi) is 4.90. The fourth-order valence-corrected chi connectivity index (χ4v) is 2.28. The molecule has 15 heavy (non-hydrogen) atoms. The third kappa shape index (κ3) is 3.71. The van der Waals surface area contributed by atoms with Crippen molar-refractivity contribution in [3.63, 3.8) is 0 Å². The molecule has 0 radical (unpaired) electrons. The molecular formula is C9H16N2O3S. The average Bonchev–Trinajstić information content (AvgIpc) is 2.26. The fourth-order valence-electron chi connectivity index (χ4n) is 1.34. The third-order valence-corrected chi connectivity index (χ3v) is 3.32. The molecule has 2 atom stereocenters. The summed E-state index contributed by atoms with van der Waals surface area (Å²) >= 11 is 1.70. The Morgan fingerprint density at radius 1 is 1.67 bits per heavy atom. The quantitative estimate of drug-likeness (QED) is 0.618. The van der Waals surface area contributed by atoms with Crippen molar-refractivity contribution in [1.82, 2.24) is 10.6 Å². The first-order valence-electron chi connectivity index (χ1n) is 4.99. The van der Waals surface area contributed by atoms with E-state index in [1.165, 1.54) is 0 Å². The van der Waals surface area contributed by atoms with Crippen molar-refractivity contribution < 1.29 is 14.7 Å². The highest BCUT2D eigenvalue weighted by molar-refractivity contribution is 7.99. The van der Waals surface area contributed by atoms with Crippen molar-refractivity contribution in [3.05, 3.63) is 0 Å². The van der Waals surface area contributed by atoms with Gasteiger partial charge in [-0.2, -0.15) is 11.8 Å². The zero-order chi connectivity index (χ0) is 11.3. The van der Waals surface area contributed by atoms with E-state index in [4.69, 9.17) is 5.11 Å². The van der Waals surface area contributed by atoms with Crippen LogP contribution in [-0.4, -0.2) is 47.1 Å². The van der Waals surface area contributed by atoms with E-state index in [0.29, 0.717) is 12.2 Å². The molecule has 0 spiro atoms. The van der Waals surface area contributed by atoms with Gasteiger partial charge in [-0.15, -0.1) is 0 Å². The molecule has 1 amide bonds. The molecule has 1 aliphatic heterocycles. The lowest BCUT2D eigenvalue weighted by Crippen LogP contribution is -2.53. The second kappa shape index (κ2) is 5.97. The van der Waals surface area contributed by atoms with Crippen LogP contribution in [0.4, 0.5) is 0 Å². The Labute approximate surface area is 93.0 Å². The van der Waals surface area contributed by atoms with Gasteiger partial charge in [-0.05, 0) is 6.42 Å². The first-order chi connectivity index (χ1) is 7.15. The molecular weight excluding hydrogens is 216 g/mol. The van der Waals surface area contributed by atoms with Crippen LogP contribution in [0.5, 0.6) is 0 Å². The molecule has 1 heterocycles. The monoisotopic (exact) mass is 232 g/mol. The number of aliphatic carboxylic acids is 1. The molecule has 0 aromatic rings. The van der Waals surface area contributed by atoms with Gasteiger partial charge in [0.2, 0.25) is 5.91 Å². The Morgan fingerprint density at radius 3 is 2.87 bits per heavy atom. The van der Waals surface area contributed by atoms with Gasteiger partial charge in [0, 0.05) is 18.1 Å². The van der Waals surface area contributed by atoms with Crippen molar-refractivity contribution in [3.8, 4) is 0 Å². The van der Waals surface area contributed by atoms with Crippen molar-refractivity contribution >= 4 is 23.6 Å². The molecule has 0 bridgehead atoms. The van der Waals surface area contributed by atoms with E-state index in [9.17, 15) is 9.59 Å². The van der Waals surface area contributed by atoms with Crippen molar-refractivity contribution in [2.45, 2.75) is 25.4 Å². The molecule has 5 nitrogen and oxygen atoms in total. The van der Waals surface area contributed by atoms with Crippen LogP contribution in [0.15, 0.2) is 0 Å². The summed E-state index contributed by atoms with van der Waals surface area (Å²) in [4.78, 5) is 22.3. The maximum atomic E-state index is 11.6. The van der Waals surface area contributed by atoms with Crippen LogP contribution in [0, 0.1) is 0 Å². The summed E-state index contributed by atoms with van der Waals surface area (Å²) in [5, 5.41) is 14.4. The van der Waals surface area contributed by atoms with Crippen LogP contribution >= 0.6 is 11.8 Å². The van der Waals surface area contributed by atoms with Crippen molar-refractivity contribution in [2.75, 3.05) is 18.1 Å².